The fraction of sp³-hybridized carbons (Fsp3) is 0.200. The molecule has 152 valence electrons. The molecule has 1 aliphatic rings. The number of para-hydroxylation sites is 3. The third-order valence-corrected chi connectivity index (χ3v) is 4.86. The molecule has 4 rings (SSSR count). The SMILES string of the molecule is CC(C)(C)NC(=O)c1ccccc1NC(=O)C1c2ccccc2Oc2ccccc21. The van der Waals surface area contributed by atoms with Crippen molar-refractivity contribution < 1.29 is 14.3 Å². The van der Waals surface area contributed by atoms with E-state index >= 15 is 0 Å². The summed E-state index contributed by atoms with van der Waals surface area (Å²) in [5.74, 6) is 0.343. The van der Waals surface area contributed by atoms with Crippen molar-refractivity contribution in [2.24, 2.45) is 0 Å². The van der Waals surface area contributed by atoms with Gasteiger partial charge in [0.2, 0.25) is 5.91 Å². The van der Waals surface area contributed by atoms with Crippen molar-refractivity contribution in [3.8, 4) is 11.5 Å². The molecule has 0 aliphatic carbocycles. The Hall–Kier alpha value is -3.60. The normalized spacial score (nSPS) is 12.9. The van der Waals surface area contributed by atoms with Gasteiger partial charge in [0.1, 0.15) is 11.5 Å². The molecule has 0 radical (unpaired) electrons. The molecule has 0 aromatic heterocycles. The Morgan fingerprint density at radius 2 is 1.33 bits per heavy atom. The van der Waals surface area contributed by atoms with Crippen LogP contribution in [0.3, 0.4) is 0 Å². The molecular weight excluding hydrogens is 376 g/mol. The second-order valence-electron chi connectivity index (χ2n) is 8.35. The second-order valence-corrected chi connectivity index (χ2v) is 8.35. The molecule has 0 spiro atoms. The summed E-state index contributed by atoms with van der Waals surface area (Å²) in [5.41, 5.74) is 2.11. The van der Waals surface area contributed by atoms with Crippen LogP contribution in [-0.4, -0.2) is 17.4 Å². The van der Waals surface area contributed by atoms with Gasteiger partial charge in [-0.3, -0.25) is 9.59 Å². The Balaban J connectivity index is 1.69. The van der Waals surface area contributed by atoms with E-state index in [4.69, 9.17) is 4.74 Å². The van der Waals surface area contributed by atoms with E-state index in [-0.39, 0.29) is 17.4 Å². The van der Waals surface area contributed by atoms with Crippen molar-refractivity contribution in [1.82, 2.24) is 5.32 Å². The summed E-state index contributed by atoms with van der Waals surface area (Å²) in [6, 6.07) is 22.1. The monoisotopic (exact) mass is 400 g/mol. The van der Waals surface area contributed by atoms with Crippen LogP contribution in [0.5, 0.6) is 11.5 Å². The predicted molar refractivity (Wildman–Crippen MR) is 117 cm³/mol. The maximum Gasteiger partial charge on any atom is 0.253 e. The molecule has 3 aromatic rings. The lowest BCUT2D eigenvalue weighted by atomic mass is 9.87. The number of carbonyl (C=O) groups is 2. The first-order valence-electron chi connectivity index (χ1n) is 9.91. The number of ether oxygens (including phenoxy) is 1. The van der Waals surface area contributed by atoms with Gasteiger partial charge < -0.3 is 15.4 Å². The molecule has 2 N–H and O–H groups in total. The molecule has 30 heavy (non-hydrogen) atoms. The van der Waals surface area contributed by atoms with E-state index < -0.39 is 5.92 Å². The van der Waals surface area contributed by atoms with Gasteiger partial charge >= 0.3 is 0 Å². The smallest absolute Gasteiger partial charge is 0.253 e. The zero-order valence-corrected chi connectivity index (χ0v) is 17.2. The van der Waals surface area contributed by atoms with Gasteiger partial charge in [-0.25, -0.2) is 0 Å². The molecule has 2 amide bonds. The average molecular weight is 400 g/mol. The number of fused-ring (bicyclic) bond motifs is 2. The Kier molecular flexibility index (Phi) is 5.04. The molecule has 0 fully saturated rings. The van der Waals surface area contributed by atoms with Crippen molar-refractivity contribution in [2.75, 3.05) is 5.32 Å². The van der Waals surface area contributed by atoms with Gasteiger partial charge in [-0.1, -0.05) is 48.5 Å². The molecule has 1 aliphatic heterocycles. The summed E-state index contributed by atoms with van der Waals surface area (Å²) in [4.78, 5) is 26.2. The van der Waals surface area contributed by atoms with Gasteiger partial charge in [0, 0.05) is 16.7 Å². The van der Waals surface area contributed by atoms with E-state index in [1.54, 1.807) is 24.3 Å². The molecule has 0 atom stereocenters. The minimum atomic E-state index is -0.537. The number of amides is 2. The third kappa shape index (κ3) is 3.92. The molecule has 0 bridgehead atoms. The van der Waals surface area contributed by atoms with Gasteiger partial charge in [0.15, 0.2) is 0 Å². The first kappa shape index (κ1) is 19.7. The highest BCUT2D eigenvalue weighted by molar-refractivity contribution is 6.06. The van der Waals surface area contributed by atoms with Gasteiger partial charge in [-0.05, 0) is 45.0 Å². The van der Waals surface area contributed by atoms with Crippen LogP contribution in [0.2, 0.25) is 0 Å². The zero-order chi connectivity index (χ0) is 21.3. The van der Waals surface area contributed by atoms with Crippen molar-refractivity contribution >= 4 is 17.5 Å². The van der Waals surface area contributed by atoms with Gasteiger partial charge in [0.05, 0.1) is 17.2 Å². The van der Waals surface area contributed by atoms with Gasteiger partial charge in [0.25, 0.3) is 5.91 Å². The highest BCUT2D eigenvalue weighted by Gasteiger charge is 2.33. The Labute approximate surface area is 176 Å². The predicted octanol–water partition coefficient (Wildman–Crippen LogP) is 5.09. The molecule has 0 unspecified atom stereocenters. The average Bonchev–Trinajstić information content (AvgIpc) is 2.71. The lowest BCUT2D eigenvalue weighted by Gasteiger charge is -2.28. The van der Waals surface area contributed by atoms with Crippen molar-refractivity contribution in [3.63, 3.8) is 0 Å². The largest absolute Gasteiger partial charge is 0.457 e. The molecule has 1 heterocycles. The first-order valence-corrected chi connectivity index (χ1v) is 9.91. The van der Waals surface area contributed by atoms with Crippen LogP contribution < -0.4 is 15.4 Å². The summed E-state index contributed by atoms with van der Waals surface area (Å²) in [6.07, 6.45) is 0. The molecule has 3 aromatic carbocycles. The number of rotatable bonds is 3. The van der Waals surface area contributed by atoms with E-state index in [9.17, 15) is 9.59 Å². The number of anilines is 1. The van der Waals surface area contributed by atoms with E-state index in [0.717, 1.165) is 11.1 Å². The molecule has 5 nitrogen and oxygen atoms in total. The fourth-order valence-corrected chi connectivity index (χ4v) is 3.60. The molecular formula is C25H24N2O3. The van der Waals surface area contributed by atoms with Crippen molar-refractivity contribution in [3.05, 3.63) is 89.5 Å². The molecule has 0 saturated heterocycles. The zero-order valence-electron chi connectivity index (χ0n) is 17.2. The number of carbonyl (C=O) groups excluding carboxylic acids is 2. The maximum absolute atomic E-state index is 13.5. The summed E-state index contributed by atoms with van der Waals surface area (Å²) in [6.45, 7) is 5.76. The Bertz CT molecular complexity index is 1070. The van der Waals surface area contributed by atoms with Crippen LogP contribution in [0, 0.1) is 0 Å². The third-order valence-electron chi connectivity index (χ3n) is 4.86. The van der Waals surface area contributed by atoms with Crippen LogP contribution in [0.15, 0.2) is 72.8 Å². The minimum Gasteiger partial charge on any atom is -0.457 e. The summed E-state index contributed by atoms with van der Waals surface area (Å²) in [5, 5.41) is 5.92. The van der Waals surface area contributed by atoms with E-state index in [0.29, 0.717) is 22.7 Å². The van der Waals surface area contributed by atoms with Crippen LogP contribution in [-0.2, 0) is 4.79 Å². The van der Waals surface area contributed by atoms with Gasteiger partial charge in [-0.15, -0.1) is 0 Å². The number of hydrogen-bond acceptors (Lipinski definition) is 3. The number of nitrogens with one attached hydrogen (secondary N) is 2. The van der Waals surface area contributed by atoms with Crippen molar-refractivity contribution in [1.29, 1.82) is 0 Å². The van der Waals surface area contributed by atoms with Crippen LogP contribution in [0.1, 0.15) is 48.2 Å². The Morgan fingerprint density at radius 1 is 0.800 bits per heavy atom. The minimum absolute atomic E-state index is 0.214. The lowest BCUT2D eigenvalue weighted by molar-refractivity contribution is -0.116. The fourth-order valence-electron chi connectivity index (χ4n) is 3.60. The van der Waals surface area contributed by atoms with E-state index in [1.807, 2.05) is 69.3 Å². The molecule has 5 heteroatoms. The highest BCUT2D eigenvalue weighted by atomic mass is 16.5. The quantitative estimate of drug-likeness (QED) is 0.643. The summed E-state index contributed by atoms with van der Waals surface area (Å²) >= 11 is 0. The number of benzene rings is 3. The van der Waals surface area contributed by atoms with Crippen LogP contribution in [0.4, 0.5) is 5.69 Å². The Morgan fingerprint density at radius 3 is 1.93 bits per heavy atom. The standard InChI is InChI=1S/C25H24N2O3/c1-25(2,3)27-23(28)16-10-4-7-13-19(16)26-24(29)22-17-11-5-8-14-20(17)30-21-15-9-6-12-18(21)22/h4-15,22H,1-3H3,(H,26,29)(H,27,28). The van der Waals surface area contributed by atoms with E-state index in [1.165, 1.54) is 0 Å². The van der Waals surface area contributed by atoms with Crippen LogP contribution in [0.25, 0.3) is 0 Å². The first-order chi connectivity index (χ1) is 14.3. The topological polar surface area (TPSA) is 67.4 Å². The summed E-state index contributed by atoms with van der Waals surface area (Å²) < 4.78 is 5.98. The van der Waals surface area contributed by atoms with Gasteiger partial charge in [-0.2, -0.15) is 0 Å². The molecule has 0 saturated carbocycles. The maximum atomic E-state index is 13.5. The summed E-state index contributed by atoms with van der Waals surface area (Å²) in [7, 11) is 0. The second kappa shape index (κ2) is 7.67. The van der Waals surface area contributed by atoms with E-state index in [2.05, 4.69) is 10.6 Å². The van der Waals surface area contributed by atoms with Crippen molar-refractivity contribution in [2.45, 2.75) is 32.2 Å². The number of hydrogen-bond donors (Lipinski definition) is 2. The highest BCUT2D eigenvalue weighted by Crippen LogP contribution is 2.44. The lowest BCUT2D eigenvalue weighted by Crippen LogP contribution is -2.41. The van der Waals surface area contributed by atoms with Crippen LogP contribution >= 0.6 is 0 Å².